The number of nitrogens with zero attached hydrogens (tertiary/aromatic N) is 5. The van der Waals surface area contributed by atoms with E-state index in [2.05, 4.69) is 20.1 Å². The van der Waals surface area contributed by atoms with Gasteiger partial charge in [0.05, 0.1) is 17.4 Å². The number of aryl methyl sites for hydroxylation is 1. The highest BCUT2D eigenvalue weighted by Gasteiger charge is 2.30. The average molecular weight is 327 g/mol. The maximum atomic E-state index is 13.1. The molecule has 1 saturated heterocycles. The molecule has 3 heterocycles. The summed E-state index contributed by atoms with van der Waals surface area (Å²) in [6.07, 6.45) is 3.88. The predicted octanol–water partition coefficient (Wildman–Crippen LogP) is 3.04. The summed E-state index contributed by atoms with van der Waals surface area (Å²) in [7, 11) is 0. The Bertz CT molecular complexity index is 826. The number of halogens is 1. The quantitative estimate of drug-likeness (QED) is 0.737. The highest BCUT2D eigenvalue weighted by Crippen LogP contribution is 2.31. The standard InChI is InChI=1S/C17H18FN5O/c1-12-20-17(21-24-12)16-3-2-10-22(16)11-15-8-9-19-23(15)14-6-4-13(18)5-7-14/h4-9,16H,2-3,10-11H2,1H3/t16-/m1/s1. The zero-order valence-electron chi connectivity index (χ0n) is 13.4. The van der Waals surface area contributed by atoms with E-state index in [9.17, 15) is 4.39 Å². The van der Waals surface area contributed by atoms with Gasteiger partial charge in [-0.1, -0.05) is 5.16 Å². The van der Waals surface area contributed by atoms with Gasteiger partial charge in [-0.3, -0.25) is 4.90 Å². The summed E-state index contributed by atoms with van der Waals surface area (Å²) >= 11 is 0. The van der Waals surface area contributed by atoms with Crippen LogP contribution in [0.4, 0.5) is 4.39 Å². The van der Waals surface area contributed by atoms with Gasteiger partial charge >= 0.3 is 0 Å². The molecule has 1 aliphatic rings. The van der Waals surface area contributed by atoms with E-state index in [1.165, 1.54) is 12.1 Å². The van der Waals surface area contributed by atoms with E-state index in [-0.39, 0.29) is 11.9 Å². The molecule has 7 heteroatoms. The smallest absolute Gasteiger partial charge is 0.223 e. The highest BCUT2D eigenvalue weighted by molar-refractivity contribution is 5.32. The van der Waals surface area contributed by atoms with Gasteiger partial charge in [0.15, 0.2) is 5.82 Å². The van der Waals surface area contributed by atoms with Crippen molar-refractivity contribution in [1.29, 1.82) is 0 Å². The van der Waals surface area contributed by atoms with Crippen LogP contribution in [0, 0.1) is 12.7 Å². The zero-order chi connectivity index (χ0) is 16.5. The molecule has 124 valence electrons. The van der Waals surface area contributed by atoms with Gasteiger partial charge < -0.3 is 4.52 Å². The molecule has 0 spiro atoms. The minimum Gasteiger partial charge on any atom is -0.340 e. The molecule has 1 atom stereocenters. The van der Waals surface area contributed by atoms with Crippen LogP contribution in [0.1, 0.15) is 36.3 Å². The normalized spacial score (nSPS) is 18.3. The number of likely N-dealkylation sites (tertiary alicyclic amines) is 1. The molecule has 2 aromatic heterocycles. The van der Waals surface area contributed by atoms with E-state index >= 15 is 0 Å². The van der Waals surface area contributed by atoms with Gasteiger partial charge in [0.25, 0.3) is 0 Å². The first-order chi connectivity index (χ1) is 11.7. The third-order valence-electron chi connectivity index (χ3n) is 4.36. The number of aromatic nitrogens is 4. The van der Waals surface area contributed by atoms with Gasteiger partial charge in [-0.05, 0) is 49.7 Å². The van der Waals surface area contributed by atoms with E-state index in [1.54, 1.807) is 25.3 Å². The molecule has 1 aliphatic heterocycles. The first kappa shape index (κ1) is 15.0. The van der Waals surface area contributed by atoms with E-state index in [4.69, 9.17) is 4.52 Å². The van der Waals surface area contributed by atoms with Crippen LogP contribution in [0.5, 0.6) is 0 Å². The van der Waals surface area contributed by atoms with Crippen molar-refractivity contribution in [3.05, 3.63) is 59.8 Å². The topological polar surface area (TPSA) is 60.0 Å². The van der Waals surface area contributed by atoms with Gasteiger partial charge in [0.2, 0.25) is 5.89 Å². The molecule has 3 aromatic rings. The van der Waals surface area contributed by atoms with Crippen molar-refractivity contribution in [1.82, 2.24) is 24.8 Å². The molecular formula is C17H18FN5O. The summed E-state index contributed by atoms with van der Waals surface area (Å²) in [6, 6.07) is 8.51. The van der Waals surface area contributed by atoms with Gasteiger partial charge in [-0.2, -0.15) is 10.1 Å². The number of benzene rings is 1. The van der Waals surface area contributed by atoms with Crippen molar-refractivity contribution >= 4 is 0 Å². The summed E-state index contributed by atoms with van der Waals surface area (Å²) in [5.41, 5.74) is 1.90. The fourth-order valence-corrected chi connectivity index (χ4v) is 3.23. The molecule has 0 bridgehead atoms. The summed E-state index contributed by atoms with van der Waals surface area (Å²) < 4.78 is 20.1. The van der Waals surface area contributed by atoms with Gasteiger partial charge in [-0.25, -0.2) is 9.07 Å². The van der Waals surface area contributed by atoms with Crippen LogP contribution in [-0.4, -0.2) is 31.4 Å². The third-order valence-corrected chi connectivity index (χ3v) is 4.36. The van der Waals surface area contributed by atoms with Crippen LogP contribution in [-0.2, 0) is 6.54 Å². The van der Waals surface area contributed by atoms with Crippen LogP contribution in [0.2, 0.25) is 0 Å². The Morgan fingerprint density at radius 1 is 1.25 bits per heavy atom. The first-order valence-electron chi connectivity index (χ1n) is 8.04. The Hall–Kier alpha value is -2.54. The van der Waals surface area contributed by atoms with Crippen molar-refractivity contribution in [2.45, 2.75) is 32.4 Å². The Labute approximate surface area is 138 Å². The Morgan fingerprint density at radius 3 is 2.83 bits per heavy atom. The van der Waals surface area contributed by atoms with E-state index in [0.29, 0.717) is 5.89 Å². The van der Waals surface area contributed by atoms with Crippen LogP contribution >= 0.6 is 0 Å². The second-order valence-corrected chi connectivity index (χ2v) is 6.01. The van der Waals surface area contributed by atoms with Crippen LogP contribution < -0.4 is 0 Å². The molecule has 1 aromatic carbocycles. The van der Waals surface area contributed by atoms with E-state index < -0.39 is 0 Å². The molecule has 0 amide bonds. The van der Waals surface area contributed by atoms with Gasteiger partial charge in [0, 0.05) is 19.7 Å². The lowest BCUT2D eigenvalue weighted by Gasteiger charge is -2.22. The van der Waals surface area contributed by atoms with Gasteiger partial charge in [-0.15, -0.1) is 0 Å². The SMILES string of the molecule is Cc1nc([C@H]2CCCN2Cc2ccnn2-c2ccc(F)cc2)no1. The lowest BCUT2D eigenvalue weighted by Crippen LogP contribution is -2.25. The highest BCUT2D eigenvalue weighted by atomic mass is 19.1. The third kappa shape index (κ3) is 2.82. The second-order valence-electron chi connectivity index (χ2n) is 6.01. The first-order valence-corrected chi connectivity index (χ1v) is 8.04. The van der Waals surface area contributed by atoms with Crippen LogP contribution in [0.15, 0.2) is 41.1 Å². The zero-order valence-corrected chi connectivity index (χ0v) is 13.4. The maximum Gasteiger partial charge on any atom is 0.223 e. The molecule has 6 nitrogen and oxygen atoms in total. The molecule has 24 heavy (non-hydrogen) atoms. The van der Waals surface area contributed by atoms with Crippen molar-refractivity contribution in [2.24, 2.45) is 0 Å². The molecule has 1 fully saturated rings. The minimum absolute atomic E-state index is 0.166. The molecule has 0 unspecified atom stereocenters. The van der Waals surface area contributed by atoms with Crippen molar-refractivity contribution in [3.63, 3.8) is 0 Å². The Morgan fingerprint density at radius 2 is 2.08 bits per heavy atom. The summed E-state index contributed by atoms with van der Waals surface area (Å²) in [5, 5.41) is 8.45. The largest absolute Gasteiger partial charge is 0.340 e. The van der Waals surface area contributed by atoms with Crippen molar-refractivity contribution < 1.29 is 8.91 Å². The molecule has 0 saturated carbocycles. The minimum atomic E-state index is -0.250. The van der Waals surface area contributed by atoms with Crippen LogP contribution in [0.3, 0.4) is 0 Å². The van der Waals surface area contributed by atoms with Crippen molar-refractivity contribution in [2.75, 3.05) is 6.54 Å². The Balaban J connectivity index is 1.57. The number of hydrogen-bond acceptors (Lipinski definition) is 5. The fraction of sp³-hybridized carbons (Fsp3) is 0.353. The lowest BCUT2D eigenvalue weighted by atomic mass is 10.2. The summed E-state index contributed by atoms with van der Waals surface area (Å²) in [5.74, 6) is 1.09. The molecule has 4 rings (SSSR count). The average Bonchev–Trinajstić information content (AvgIpc) is 3.30. The predicted molar refractivity (Wildman–Crippen MR) is 84.9 cm³/mol. The van der Waals surface area contributed by atoms with E-state index in [1.807, 2.05) is 10.7 Å². The molecule has 0 aliphatic carbocycles. The number of rotatable bonds is 4. The van der Waals surface area contributed by atoms with Crippen molar-refractivity contribution in [3.8, 4) is 5.69 Å². The fourth-order valence-electron chi connectivity index (χ4n) is 3.23. The maximum absolute atomic E-state index is 13.1. The lowest BCUT2D eigenvalue weighted by molar-refractivity contribution is 0.229. The monoisotopic (exact) mass is 327 g/mol. The molecule has 0 N–H and O–H groups in total. The molecule has 0 radical (unpaired) electrons. The number of hydrogen-bond donors (Lipinski definition) is 0. The second kappa shape index (κ2) is 6.16. The Kier molecular flexibility index (Phi) is 3.86. The van der Waals surface area contributed by atoms with Gasteiger partial charge in [0.1, 0.15) is 5.82 Å². The van der Waals surface area contributed by atoms with E-state index in [0.717, 1.165) is 43.1 Å². The summed E-state index contributed by atoms with van der Waals surface area (Å²) in [4.78, 5) is 6.71. The van der Waals surface area contributed by atoms with Crippen LogP contribution in [0.25, 0.3) is 5.69 Å². The molecular weight excluding hydrogens is 309 g/mol. The summed E-state index contributed by atoms with van der Waals surface area (Å²) in [6.45, 7) is 3.52.